The molecule has 11 heteroatoms. The summed E-state index contributed by atoms with van der Waals surface area (Å²) in [4.78, 5) is 16.4. The second-order valence-corrected chi connectivity index (χ2v) is 6.75. The molecular formula is C16H14F5N5O. The second kappa shape index (κ2) is 5.40. The highest BCUT2D eigenvalue weighted by Crippen LogP contribution is 2.49. The SMILES string of the molecule is Cc1cn2c(=O)c(-c3cnn(C[C@@H]4CC4(F)F)c3)c(C(F)(F)F)nc2n1C. The molecule has 1 aliphatic rings. The van der Waals surface area contributed by atoms with E-state index >= 15 is 0 Å². The number of aromatic nitrogens is 5. The standard InChI is InChI=1S/C16H14F5N5O/c1-8-5-26-13(27)11(12(16(19,20)21)23-14(26)24(8)2)9-4-22-25(6-9)7-10-3-15(10,17)18/h4-6,10H,3,7H2,1-2H3/t10-/m0/s1. The van der Waals surface area contributed by atoms with Crippen LogP contribution in [0.2, 0.25) is 0 Å². The van der Waals surface area contributed by atoms with Crippen LogP contribution in [0.15, 0.2) is 23.4 Å². The molecule has 1 saturated carbocycles. The maximum absolute atomic E-state index is 13.6. The molecule has 0 N–H and O–H groups in total. The summed E-state index contributed by atoms with van der Waals surface area (Å²) in [6.07, 6.45) is -1.52. The van der Waals surface area contributed by atoms with E-state index < -0.39 is 34.8 Å². The van der Waals surface area contributed by atoms with E-state index in [1.807, 2.05) is 0 Å². The maximum Gasteiger partial charge on any atom is 0.434 e. The molecule has 6 nitrogen and oxygen atoms in total. The molecule has 0 amide bonds. The van der Waals surface area contributed by atoms with Gasteiger partial charge in [0.1, 0.15) is 0 Å². The molecule has 0 unspecified atom stereocenters. The molecule has 1 fully saturated rings. The van der Waals surface area contributed by atoms with Gasteiger partial charge >= 0.3 is 6.18 Å². The van der Waals surface area contributed by atoms with Crippen molar-refractivity contribution < 1.29 is 22.0 Å². The van der Waals surface area contributed by atoms with Crippen molar-refractivity contribution in [1.29, 1.82) is 0 Å². The van der Waals surface area contributed by atoms with Crippen molar-refractivity contribution in [1.82, 2.24) is 23.7 Å². The van der Waals surface area contributed by atoms with Crippen molar-refractivity contribution in [3.63, 3.8) is 0 Å². The first-order valence-corrected chi connectivity index (χ1v) is 8.05. The molecule has 144 valence electrons. The van der Waals surface area contributed by atoms with Crippen LogP contribution in [-0.4, -0.2) is 29.7 Å². The number of hydrogen-bond donors (Lipinski definition) is 0. The monoisotopic (exact) mass is 387 g/mol. The highest BCUT2D eigenvalue weighted by molar-refractivity contribution is 5.65. The van der Waals surface area contributed by atoms with Gasteiger partial charge in [-0.25, -0.2) is 13.8 Å². The molecule has 3 aromatic rings. The summed E-state index contributed by atoms with van der Waals surface area (Å²) < 4.78 is 70.3. The minimum Gasteiger partial charge on any atom is -0.317 e. The van der Waals surface area contributed by atoms with Crippen LogP contribution in [0.1, 0.15) is 17.8 Å². The summed E-state index contributed by atoms with van der Waals surface area (Å²) in [6.45, 7) is 1.50. The fourth-order valence-electron chi connectivity index (χ4n) is 3.06. The third-order valence-corrected chi connectivity index (χ3v) is 4.80. The smallest absolute Gasteiger partial charge is 0.317 e. The zero-order valence-corrected chi connectivity index (χ0v) is 14.3. The summed E-state index contributed by atoms with van der Waals surface area (Å²) in [5.74, 6) is -3.81. The quantitative estimate of drug-likeness (QED) is 0.650. The van der Waals surface area contributed by atoms with Gasteiger partial charge in [0.05, 0.1) is 11.8 Å². The van der Waals surface area contributed by atoms with Crippen LogP contribution in [0.5, 0.6) is 0 Å². The first-order valence-electron chi connectivity index (χ1n) is 8.05. The molecule has 0 spiro atoms. The van der Waals surface area contributed by atoms with E-state index in [9.17, 15) is 26.7 Å². The third-order valence-electron chi connectivity index (χ3n) is 4.80. The lowest BCUT2D eigenvalue weighted by molar-refractivity contribution is -0.140. The Hall–Kier alpha value is -2.72. The van der Waals surface area contributed by atoms with Gasteiger partial charge in [-0.15, -0.1) is 0 Å². The number of rotatable bonds is 3. The van der Waals surface area contributed by atoms with Crippen LogP contribution in [0.3, 0.4) is 0 Å². The predicted octanol–water partition coefficient (Wildman–Crippen LogP) is 2.88. The fourth-order valence-corrected chi connectivity index (χ4v) is 3.06. The Bertz CT molecular complexity index is 1110. The zero-order chi connectivity index (χ0) is 19.7. The summed E-state index contributed by atoms with van der Waals surface area (Å²) in [7, 11) is 1.50. The van der Waals surface area contributed by atoms with Crippen molar-refractivity contribution in [2.45, 2.75) is 32.0 Å². The summed E-state index contributed by atoms with van der Waals surface area (Å²) in [5.41, 5.74) is -2.44. The van der Waals surface area contributed by atoms with Crippen LogP contribution in [0.4, 0.5) is 22.0 Å². The molecule has 0 aromatic carbocycles. The Kier molecular flexibility index (Phi) is 3.53. The van der Waals surface area contributed by atoms with Crippen LogP contribution in [-0.2, 0) is 19.8 Å². The number of halogens is 5. The average Bonchev–Trinajstić information content (AvgIpc) is 2.88. The Morgan fingerprint density at radius 3 is 2.56 bits per heavy atom. The second-order valence-electron chi connectivity index (χ2n) is 6.75. The van der Waals surface area contributed by atoms with Crippen molar-refractivity contribution in [3.8, 4) is 11.1 Å². The number of aryl methyl sites for hydroxylation is 2. The molecule has 3 aromatic heterocycles. The predicted molar refractivity (Wildman–Crippen MR) is 84.4 cm³/mol. The molecule has 3 heterocycles. The summed E-state index contributed by atoms with van der Waals surface area (Å²) >= 11 is 0. The van der Waals surface area contributed by atoms with Crippen molar-refractivity contribution in [2.24, 2.45) is 13.0 Å². The van der Waals surface area contributed by atoms with Gasteiger partial charge in [-0.1, -0.05) is 0 Å². The minimum absolute atomic E-state index is 0.111. The molecular weight excluding hydrogens is 373 g/mol. The normalized spacial score (nSPS) is 19.0. The van der Waals surface area contributed by atoms with Gasteiger partial charge in [-0.2, -0.15) is 18.3 Å². The van der Waals surface area contributed by atoms with Gasteiger partial charge < -0.3 is 4.57 Å². The van der Waals surface area contributed by atoms with Crippen LogP contribution < -0.4 is 5.56 Å². The lowest BCUT2D eigenvalue weighted by Gasteiger charge is -2.11. The number of hydrogen-bond acceptors (Lipinski definition) is 3. The van der Waals surface area contributed by atoms with Crippen molar-refractivity contribution >= 4 is 5.78 Å². The Labute approximate surface area is 148 Å². The van der Waals surface area contributed by atoms with Crippen LogP contribution in [0.25, 0.3) is 16.9 Å². The topological polar surface area (TPSA) is 57.1 Å². The summed E-state index contributed by atoms with van der Waals surface area (Å²) in [6, 6.07) is 0. The molecule has 0 bridgehead atoms. The van der Waals surface area contributed by atoms with Gasteiger partial charge in [0.25, 0.3) is 11.5 Å². The van der Waals surface area contributed by atoms with E-state index in [0.717, 1.165) is 15.3 Å². The highest BCUT2D eigenvalue weighted by Gasteiger charge is 2.56. The van der Waals surface area contributed by atoms with Crippen LogP contribution in [0, 0.1) is 12.8 Å². The molecule has 0 aliphatic heterocycles. The fraction of sp³-hybridized carbons (Fsp3) is 0.438. The molecule has 1 atom stereocenters. The van der Waals surface area contributed by atoms with Gasteiger partial charge in [-0.3, -0.25) is 13.9 Å². The third kappa shape index (κ3) is 2.81. The summed E-state index contributed by atoms with van der Waals surface area (Å²) in [5, 5.41) is 3.84. The maximum atomic E-state index is 13.6. The first-order chi connectivity index (χ1) is 12.5. The van der Waals surface area contributed by atoms with E-state index in [2.05, 4.69) is 10.1 Å². The van der Waals surface area contributed by atoms with E-state index in [1.54, 1.807) is 6.92 Å². The Morgan fingerprint density at radius 2 is 1.96 bits per heavy atom. The first kappa shape index (κ1) is 17.7. The van der Waals surface area contributed by atoms with Crippen molar-refractivity contribution in [2.75, 3.05) is 0 Å². The van der Waals surface area contributed by atoms with Gasteiger partial charge in [0.2, 0.25) is 5.78 Å². The van der Waals surface area contributed by atoms with Gasteiger partial charge in [0, 0.05) is 49.6 Å². The van der Waals surface area contributed by atoms with E-state index in [4.69, 9.17) is 0 Å². The lowest BCUT2D eigenvalue weighted by Crippen LogP contribution is -2.23. The molecule has 27 heavy (non-hydrogen) atoms. The largest absolute Gasteiger partial charge is 0.434 e. The molecule has 4 rings (SSSR count). The highest BCUT2D eigenvalue weighted by atomic mass is 19.4. The molecule has 0 radical (unpaired) electrons. The lowest BCUT2D eigenvalue weighted by atomic mass is 10.1. The zero-order valence-electron chi connectivity index (χ0n) is 14.3. The number of alkyl halides is 5. The van der Waals surface area contributed by atoms with Gasteiger partial charge in [0.15, 0.2) is 5.69 Å². The van der Waals surface area contributed by atoms with E-state index in [0.29, 0.717) is 5.69 Å². The average molecular weight is 387 g/mol. The number of fused-ring (bicyclic) bond motifs is 1. The Balaban J connectivity index is 1.87. The number of imidazole rings is 1. The van der Waals surface area contributed by atoms with E-state index in [1.165, 1.54) is 24.0 Å². The minimum atomic E-state index is -4.87. The van der Waals surface area contributed by atoms with E-state index in [-0.39, 0.29) is 24.3 Å². The van der Waals surface area contributed by atoms with Crippen LogP contribution >= 0.6 is 0 Å². The number of nitrogens with zero attached hydrogens (tertiary/aromatic N) is 5. The van der Waals surface area contributed by atoms with Crippen molar-refractivity contribution in [3.05, 3.63) is 40.3 Å². The Morgan fingerprint density at radius 1 is 1.30 bits per heavy atom. The molecule has 1 aliphatic carbocycles. The molecule has 0 saturated heterocycles. The van der Waals surface area contributed by atoms with Gasteiger partial charge in [-0.05, 0) is 6.92 Å².